The molecule has 0 radical (unpaired) electrons. The maximum Gasteiger partial charge on any atom is 0.416 e. The lowest BCUT2D eigenvalue weighted by Crippen LogP contribution is -2.04. The molecule has 0 saturated heterocycles. The fourth-order valence-corrected chi connectivity index (χ4v) is 1.44. The summed E-state index contributed by atoms with van der Waals surface area (Å²) in [4.78, 5) is 0. The predicted octanol–water partition coefficient (Wildman–Crippen LogP) is 4.74. The fourth-order valence-electron chi connectivity index (χ4n) is 1.33. The van der Waals surface area contributed by atoms with E-state index in [4.69, 9.17) is 11.6 Å². The molecule has 1 aromatic carbocycles. The molecule has 0 aliphatic heterocycles. The minimum absolute atomic E-state index is 0.469. The average molecular weight is 249 g/mol. The normalized spacial score (nSPS) is 12.9. The van der Waals surface area contributed by atoms with E-state index in [1.807, 2.05) is 6.08 Å². The molecule has 0 bridgehead atoms. The van der Waals surface area contributed by atoms with E-state index in [0.29, 0.717) is 17.9 Å². The standard InChI is InChI=1S/C12H12ClF3/c1-9(4-3-7-13)10-5-2-6-11(8-10)12(14,15)16/h2,4-6,8H,3,7H2,1H3. The highest BCUT2D eigenvalue weighted by Gasteiger charge is 2.30. The zero-order chi connectivity index (χ0) is 12.2. The number of halogens is 4. The van der Waals surface area contributed by atoms with E-state index in [9.17, 15) is 13.2 Å². The number of hydrogen-bond donors (Lipinski definition) is 0. The van der Waals surface area contributed by atoms with Gasteiger partial charge in [0.25, 0.3) is 0 Å². The van der Waals surface area contributed by atoms with E-state index in [1.54, 1.807) is 13.0 Å². The third-order valence-electron chi connectivity index (χ3n) is 2.20. The molecule has 1 rings (SSSR count). The quantitative estimate of drug-likeness (QED) is 0.678. The molecule has 16 heavy (non-hydrogen) atoms. The van der Waals surface area contributed by atoms with Crippen molar-refractivity contribution >= 4 is 17.2 Å². The van der Waals surface area contributed by atoms with Gasteiger partial charge in [-0.25, -0.2) is 0 Å². The van der Waals surface area contributed by atoms with Crippen LogP contribution in [0, 0.1) is 0 Å². The smallest absolute Gasteiger partial charge is 0.166 e. The summed E-state index contributed by atoms with van der Waals surface area (Å²) in [6.07, 6.45) is -1.80. The van der Waals surface area contributed by atoms with Crippen molar-refractivity contribution in [3.8, 4) is 0 Å². The van der Waals surface area contributed by atoms with Crippen LogP contribution in [0.5, 0.6) is 0 Å². The lowest BCUT2D eigenvalue weighted by Gasteiger charge is -2.08. The van der Waals surface area contributed by atoms with Crippen LogP contribution in [0.4, 0.5) is 13.2 Å². The van der Waals surface area contributed by atoms with Crippen molar-refractivity contribution < 1.29 is 13.2 Å². The van der Waals surface area contributed by atoms with Crippen LogP contribution in [0.1, 0.15) is 24.5 Å². The Hall–Kier alpha value is -0.960. The SMILES string of the molecule is CC(=CCCCl)c1cccc(C(F)(F)F)c1. The predicted molar refractivity (Wildman–Crippen MR) is 60.4 cm³/mol. The van der Waals surface area contributed by atoms with Gasteiger partial charge in [-0.05, 0) is 36.6 Å². The Morgan fingerprint density at radius 3 is 2.62 bits per heavy atom. The van der Waals surface area contributed by atoms with E-state index in [0.717, 1.165) is 17.7 Å². The molecular weight excluding hydrogens is 237 g/mol. The zero-order valence-corrected chi connectivity index (χ0v) is 9.57. The largest absolute Gasteiger partial charge is 0.416 e. The summed E-state index contributed by atoms with van der Waals surface area (Å²) in [7, 11) is 0. The van der Waals surface area contributed by atoms with E-state index in [2.05, 4.69) is 0 Å². The van der Waals surface area contributed by atoms with Gasteiger partial charge in [0.15, 0.2) is 0 Å². The van der Waals surface area contributed by atoms with Crippen molar-refractivity contribution in [2.45, 2.75) is 19.5 Å². The van der Waals surface area contributed by atoms with E-state index < -0.39 is 11.7 Å². The summed E-state index contributed by atoms with van der Waals surface area (Å²) >= 11 is 5.51. The monoisotopic (exact) mass is 248 g/mol. The van der Waals surface area contributed by atoms with Crippen LogP contribution in [0.2, 0.25) is 0 Å². The topological polar surface area (TPSA) is 0 Å². The molecule has 0 N–H and O–H groups in total. The van der Waals surface area contributed by atoms with Crippen LogP contribution < -0.4 is 0 Å². The highest BCUT2D eigenvalue weighted by Crippen LogP contribution is 2.30. The van der Waals surface area contributed by atoms with Crippen molar-refractivity contribution in [3.05, 3.63) is 41.5 Å². The van der Waals surface area contributed by atoms with E-state index in [-0.39, 0.29) is 0 Å². The second-order valence-corrected chi connectivity index (χ2v) is 3.82. The molecule has 88 valence electrons. The Morgan fingerprint density at radius 2 is 2.06 bits per heavy atom. The second kappa shape index (κ2) is 5.39. The van der Waals surface area contributed by atoms with Gasteiger partial charge in [0.1, 0.15) is 0 Å². The maximum absolute atomic E-state index is 12.4. The lowest BCUT2D eigenvalue weighted by molar-refractivity contribution is -0.137. The van der Waals surface area contributed by atoms with Crippen LogP contribution in [0.15, 0.2) is 30.3 Å². The van der Waals surface area contributed by atoms with Gasteiger partial charge in [-0.1, -0.05) is 18.2 Å². The van der Waals surface area contributed by atoms with Gasteiger partial charge in [0.05, 0.1) is 5.56 Å². The molecule has 0 aliphatic rings. The Bertz CT molecular complexity index is 380. The van der Waals surface area contributed by atoms with Crippen LogP contribution in [0.3, 0.4) is 0 Å². The minimum Gasteiger partial charge on any atom is -0.166 e. The number of rotatable bonds is 3. The van der Waals surface area contributed by atoms with Gasteiger partial charge in [-0.15, -0.1) is 11.6 Å². The number of hydrogen-bond acceptors (Lipinski definition) is 0. The second-order valence-electron chi connectivity index (χ2n) is 3.44. The van der Waals surface area contributed by atoms with Gasteiger partial charge in [0.2, 0.25) is 0 Å². The molecule has 0 nitrogen and oxygen atoms in total. The first kappa shape index (κ1) is 13.1. The lowest BCUT2D eigenvalue weighted by atomic mass is 10.0. The van der Waals surface area contributed by atoms with Gasteiger partial charge in [-0.2, -0.15) is 13.2 Å². The van der Waals surface area contributed by atoms with Gasteiger partial charge < -0.3 is 0 Å². The highest BCUT2D eigenvalue weighted by atomic mass is 35.5. The third-order valence-corrected chi connectivity index (χ3v) is 2.42. The minimum atomic E-state index is -4.29. The summed E-state index contributed by atoms with van der Waals surface area (Å²) in [5.74, 6) is 0.469. The third kappa shape index (κ3) is 3.56. The Morgan fingerprint density at radius 1 is 1.38 bits per heavy atom. The van der Waals surface area contributed by atoms with E-state index >= 15 is 0 Å². The molecule has 1 aromatic rings. The number of alkyl halides is 4. The van der Waals surface area contributed by atoms with Crippen LogP contribution in [-0.2, 0) is 6.18 Å². The first-order valence-corrected chi connectivity index (χ1v) is 5.39. The molecule has 0 saturated carbocycles. The van der Waals surface area contributed by atoms with Crippen molar-refractivity contribution in [3.63, 3.8) is 0 Å². The summed E-state index contributed by atoms with van der Waals surface area (Å²) < 4.78 is 37.3. The maximum atomic E-state index is 12.4. The fraction of sp³-hybridized carbons (Fsp3) is 0.333. The summed E-state index contributed by atoms with van der Waals surface area (Å²) in [6, 6.07) is 5.30. The van der Waals surface area contributed by atoms with Crippen molar-refractivity contribution in [1.82, 2.24) is 0 Å². The zero-order valence-electron chi connectivity index (χ0n) is 8.81. The van der Waals surface area contributed by atoms with E-state index in [1.165, 1.54) is 6.07 Å². The summed E-state index contributed by atoms with van der Waals surface area (Å²) in [5, 5.41) is 0. The molecule has 0 atom stereocenters. The van der Waals surface area contributed by atoms with Crippen LogP contribution in [-0.4, -0.2) is 5.88 Å². The van der Waals surface area contributed by atoms with Crippen molar-refractivity contribution in [1.29, 1.82) is 0 Å². The molecular formula is C12H12ClF3. The van der Waals surface area contributed by atoms with Gasteiger partial charge >= 0.3 is 6.18 Å². The Labute approximate surface area is 97.7 Å². The molecule has 0 aromatic heterocycles. The number of allylic oxidation sites excluding steroid dienone is 2. The Kier molecular flexibility index (Phi) is 4.42. The van der Waals surface area contributed by atoms with Crippen molar-refractivity contribution in [2.75, 3.05) is 5.88 Å². The first-order valence-electron chi connectivity index (χ1n) is 4.85. The highest BCUT2D eigenvalue weighted by molar-refractivity contribution is 6.17. The first-order chi connectivity index (χ1) is 7.45. The molecule has 0 spiro atoms. The van der Waals surface area contributed by atoms with Crippen molar-refractivity contribution in [2.24, 2.45) is 0 Å². The molecule has 0 amide bonds. The molecule has 4 heteroatoms. The number of benzene rings is 1. The molecule has 0 aliphatic carbocycles. The van der Waals surface area contributed by atoms with Gasteiger partial charge in [0, 0.05) is 5.88 Å². The summed E-state index contributed by atoms with van der Waals surface area (Å²) in [6.45, 7) is 1.78. The van der Waals surface area contributed by atoms with Crippen LogP contribution >= 0.6 is 11.6 Å². The van der Waals surface area contributed by atoms with Gasteiger partial charge in [-0.3, -0.25) is 0 Å². The molecule has 0 fully saturated rings. The Balaban J connectivity index is 2.99. The summed E-state index contributed by atoms with van der Waals surface area (Å²) in [5.41, 5.74) is 0.773. The molecule has 0 unspecified atom stereocenters. The average Bonchev–Trinajstić information content (AvgIpc) is 2.25. The molecule has 0 heterocycles. The van der Waals surface area contributed by atoms with Crippen LogP contribution in [0.25, 0.3) is 5.57 Å².